The fourth-order valence-electron chi connectivity index (χ4n) is 3.36. The van der Waals surface area contributed by atoms with Crippen molar-refractivity contribution in [2.45, 2.75) is 19.4 Å². The number of hydrogen-bond acceptors (Lipinski definition) is 5. The van der Waals surface area contributed by atoms with Crippen LogP contribution in [-0.2, 0) is 6.61 Å². The summed E-state index contributed by atoms with van der Waals surface area (Å²) < 4.78 is 11.6. The lowest BCUT2D eigenvalue weighted by atomic mass is 9.83. The number of ether oxygens (including phenoxy) is 2. The Morgan fingerprint density at radius 2 is 2.07 bits per heavy atom. The largest absolute Gasteiger partial charge is 0.489 e. The first kappa shape index (κ1) is 19.2. The number of H-pyrrole nitrogens is 1. The smallest absolute Gasteiger partial charge is 0.244 e. The Morgan fingerprint density at radius 3 is 2.83 bits per heavy atom. The number of halogens is 2. The van der Waals surface area contributed by atoms with Crippen molar-refractivity contribution in [3.8, 4) is 17.7 Å². The average Bonchev–Trinajstić information content (AvgIpc) is 3.07. The molecule has 0 aliphatic carbocycles. The number of rotatable bonds is 4. The monoisotopic (exact) mass is 426 g/mol. The van der Waals surface area contributed by atoms with Gasteiger partial charge in [-0.1, -0.05) is 41.4 Å². The summed E-state index contributed by atoms with van der Waals surface area (Å²) in [7, 11) is 0. The highest BCUT2D eigenvalue weighted by atomic mass is 35.5. The Labute approximate surface area is 177 Å². The van der Waals surface area contributed by atoms with E-state index in [0.29, 0.717) is 27.2 Å². The number of fused-ring (bicyclic) bond motifs is 1. The standard InChI is InChI=1S/C21H16Cl2N4O2/c1-11-18-19(15(9-24)20(25)29-21(18)27-26-11)14-8-13(22)6-7-17(14)28-10-12-4-2-3-5-16(12)23/h2-8,19H,10,25H2,1H3,(H,26,27)/t19-/m1/s1. The van der Waals surface area contributed by atoms with Crippen LogP contribution in [0.2, 0.25) is 10.0 Å². The number of aromatic amines is 1. The molecule has 29 heavy (non-hydrogen) atoms. The quantitative estimate of drug-likeness (QED) is 0.622. The number of nitrogens with two attached hydrogens (primary N) is 1. The van der Waals surface area contributed by atoms with Crippen LogP contribution in [0.1, 0.15) is 28.3 Å². The van der Waals surface area contributed by atoms with E-state index in [0.717, 1.165) is 16.8 Å². The van der Waals surface area contributed by atoms with E-state index < -0.39 is 5.92 Å². The second-order valence-corrected chi connectivity index (χ2v) is 7.40. The van der Waals surface area contributed by atoms with Crippen molar-refractivity contribution in [2.24, 2.45) is 5.73 Å². The zero-order valence-corrected chi connectivity index (χ0v) is 16.9. The van der Waals surface area contributed by atoms with Crippen LogP contribution >= 0.6 is 23.2 Å². The summed E-state index contributed by atoms with van der Waals surface area (Å²) in [6, 6.07) is 14.9. The Hall–Kier alpha value is -3.14. The van der Waals surface area contributed by atoms with Crippen LogP contribution in [0.25, 0.3) is 0 Å². The zero-order chi connectivity index (χ0) is 20.5. The predicted octanol–water partition coefficient (Wildman–Crippen LogP) is 4.82. The minimum atomic E-state index is -0.526. The van der Waals surface area contributed by atoms with Crippen molar-refractivity contribution in [1.29, 1.82) is 5.26 Å². The molecule has 0 bridgehead atoms. The molecule has 146 valence electrons. The topological polar surface area (TPSA) is 97.0 Å². The normalized spacial score (nSPS) is 15.4. The molecule has 0 radical (unpaired) electrons. The molecule has 3 aromatic rings. The zero-order valence-electron chi connectivity index (χ0n) is 15.4. The Balaban J connectivity index is 1.80. The van der Waals surface area contributed by atoms with Gasteiger partial charge >= 0.3 is 0 Å². The first-order valence-electron chi connectivity index (χ1n) is 8.77. The fraction of sp³-hybridized carbons (Fsp3) is 0.143. The summed E-state index contributed by atoms with van der Waals surface area (Å²) in [5.41, 5.74) is 9.30. The molecule has 1 aliphatic rings. The van der Waals surface area contributed by atoms with Crippen molar-refractivity contribution in [3.05, 3.63) is 86.4 Å². The van der Waals surface area contributed by atoms with Gasteiger partial charge in [0.05, 0.1) is 5.92 Å². The fourth-order valence-corrected chi connectivity index (χ4v) is 3.73. The minimum Gasteiger partial charge on any atom is -0.489 e. The molecule has 0 unspecified atom stereocenters. The minimum absolute atomic E-state index is 0.00790. The second kappa shape index (κ2) is 7.70. The van der Waals surface area contributed by atoms with Gasteiger partial charge in [-0.25, -0.2) is 0 Å². The number of nitriles is 1. The van der Waals surface area contributed by atoms with Crippen molar-refractivity contribution in [3.63, 3.8) is 0 Å². The van der Waals surface area contributed by atoms with Crippen molar-refractivity contribution in [2.75, 3.05) is 0 Å². The number of allylic oxidation sites excluding steroid dienone is 1. The van der Waals surface area contributed by atoms with Gasteiger partial charge in [0, 0.05) is 32.4 Å². The number of nitrogens with one attached hydrogen (secondary N) is 1. The van der Waals surface area contributed by atoms with Crippen LogP contribution in [0.3, 0.4) is 0 Å². The van der Waals surface area contributed by atoms with Crippen LogP contribution in [0, 0.1) is 18.3 Å². The molecule has 3 N–H and O–H groups in total. The third kappa shape index (κ3) is 3.51. The molecule has 2 aromatic carbocycles. The lowest BCUT2D eigenvalue weighted by Gasteiger charge is -2.25. The van der Waals surface area contributed by atoms with Crippen molar-refractivity contribution in [1.82, 2.24) is 10.2 Å². The number of hydrogen-bond donors (Lipinski definition) is 2. The number of aryl methyl sites for hydroxylation is 1. The summed E-state index contributed by atoms with van der Waals surface area (Å²) >= 11 is 12.5. The molecule has 0 saturated carbocycles. The summed E-state index contributed by atoms with van der Waals surface area (Å²) in [4.78, 5) is 0. The van der Waals surface area contributed by atoms with E-state index in [2.05, 4.69) is 16.3 Å². The van der Waals surface area contributed by atoms with Gasteiger partial charge in [0.15, 0.2) is 0 Å². The first-order valence-corrected chi connectivity index (χ1v) is 9.53. The van der Waals surface area contributed by atoms with E-state index in [-0.39, 0.29) is 18.1 Å². The van der Waals surface area contributed by atoms with Gasteiger partial charge in [-0.3, -0.25) is 5.10 Å². The van der Waals surface area contributed by atoms with Gasteiger partial charge in [0.1, 0.15) is 24.0 Å². The average molecular weight is 427 g/mol. The van der Waals surface area contributed by atoms with Crippen LogP contribution < -0.4 is 15.2 Å². The first-order chi connectivity index (χ1) is 14.0. The van der Waals surface area contributed by atoms with Gasteiger partial charge in [0.25, 0.3) is 0 Å². The Kier molecular flexibility index (Phi) is 5.10. The summed E-state index contributed by atoms with van der Waals surface area (Å²) in [6.07, 6.45) is 0. The van der Waals surface area contributed by atoms with Crippen LogP contribution in [0.5, 0.6) is 11.6 Å². The van der Waals surface area contributed by atoms with Crippen molar-refractivity contribution >= 4 is 23.2 Å². The summed E-state index contributed by atoms with van der Waals surface area (Å²) in [5, 5.41) is 17.9. The van der Waals surface area contributed by atoms with E-state index in [1.807, 2.05) is 25.1 Å². The molecular formula is C21H16Cl2N4O2. The van der Waals surface area contributed by atoms with E-state index in [4.69, 9.17) is 38.4 Å². The van der Waals surface area contributed by atoms with Crippen LogP contribution in [-0.4, -0.2) is 10.2 Å². The molecule has 6 nitrogen and oxygen atoms in total. The van der Waals surface area contributed by atoms with Crippen molar-refractivity contribution < 1.29 is 9.47 Å². The maximum atomic E-state index is 9.76. The summed E-state index contributed by atoms with van der Waals surface area (Å²) in [6.45, 7) is 2.11. The lowest BCUT2D eigenvalue weighted by Crippen LogP contribution is -2.21. The van der Waals surface area contributed by atoms with E-state index >= 15 is 0 Å². The Bertz CT molecular complexity index is 1160. The lowest BCUT2D eigenvalue weighted by molar-refractivity contribution is 0.301. The van der Waals surface area contributed by atoms with E-state index in [9.17, 15) is 5.26 Å². The predicted molar refractivity (Wildman–Crippen MR) is 110 cm³/mol. The van der Waals surface area contributed by atoms with Gasteiger partial charge in [-0.05, 0) is 31.2 Å². The van der Waals surface area contributed by atoms with E-state index in [1.54, 1.807) is 24.3 Å². The molecule has 0 saturated heterocycles. The number of nitrogens with zero attached hydrogens (tertiary/aromatic N) is 2. The SMILES string of the molecule is Cc1[nH]nc2c1[C@H](c1cc(Cl)ccc1OCc1ccccc1Cl)C(C#N)=C(N)O2. The summed E-state index contributed by atoms with van der Waals surface area (Å²) in [5.74, 6) is 0.380. The molecule has 4 rings (SSSR count). The second-order valence-electron chi connectivity index (χ2n) is 6.55. The van der Waals surface area contributed by atoms with Gasteiger partial charge in [-0.15, -0.1) is 5.10 Å². The van der Waals surface area contributed by atoms with Gasteiger partial charge in [-0.2, -0.15) is 5.26 Å². The van der Waals surface area contributed by atoms with Crippen LogP contribution in [0.15, 0.2) is 53.9 Å². The number of benzene rings is 2. The molecule has 1 atom stereocenters. The maximum absolute atomic E-state index is 9.76. The highest BCUT2D eigenvalue weighted by Gasteiger charge is 2.36. The van der Waals surface area contributed by atoms with Crippen LogP contribution in [0.4, 0.5) is 0 Å². The Morgan fingerprint density at radius 1 is 1.28 bits per heavy atom. The van der Waals surface area contributed by atoms with Gasteiger partial charge in [0.2, 0.25) is 11.8 Å². The number of aromatic nitrogens is 2. The molecular weight excluding hydrogens is 411 g/mol. The third-order valence-corrected chi connectivity index (χ3v) is 5.36. The molecule has 0 spiro atoms. The molecule has 0 amide bonds. The molecule has 0 fully saturated rings. The highest BCUT2D eigenvalue weighted by molar-refractivity contribution is 6.31. The van der Waals surface area contributed by atoms with Gasteiger partial charge < -0.3 is 15.2 Å². The molecule has 8 heteroatoms. The maximum Gasteiger partial charge on any atom is 0.244 e. The highest BCUT2D eigenvalue weighted by Crippen LogP contribution is 2.46. The molecule has 2 heterocycles. The molecule has 1 aromatic heterocycles. The third-order valence-electron chi connectivity index (χ3n) is 4.75. The molecule has 1 aliphatic heterocycles. The van der Waals surface area contributed by atoms with E-state index in [1.165, 1.54) is 0 Å².